The fraction of sp³-hybridized carbons (Fsp3) is 0.312. The molecule has 29 heavy (non-hydrogen) atoms. The van der Waals surface area contributed by atoms with E-state index in [0.29, 0.717) is 4.90 Å². The molecule has 0 aromatic carbocycles. The Labute approximate surface area is 164 Å². The zero-order valence-electron chi connectivity index (χ0n) is 14.9. The molecule has 13 heteroatoms. The zero-order valence-corrected chi connectivity index (χ0v) is 15.8. The number of pyridine rings is 1. The molecule has 5 N–H and O–H groups in total. The molecule has 0 bridgehead atoms. The number of carboxylic acid groups (broad SMARTS) is 1. The lowest BCUT2D eigenvalue weighted by molar-refractivity contribution is -0.153. The van der Waals surface area contributed by atoms with Gasteiger partial charge in [0.15, 0.2) is 21.3 Å². The van der Waals surface area contributed by atoms with E-state index in [1.54, 1.807) is 0 Å². The number of ether oxygens (including phenoxy) is 1. The topological polar surface area (TPSA) is 200 Å². The van der Waals surface area contributed by atoms with Gasteiger partial charge in [-0.3, -0.25) is 14.6 Å². The van der Waals surface area contributed by atoms with E-state index in [4.69, 9.17) is 11.5 Å². The van der Waals surface area contributed by atoms with Crippen LogP contribution in [0.2, 0.25) is 0 Å². The van der Waals surface area contributed by atoms with Crippen LogP contribution in [0.3, 0.4) is 0 Å². The largest absolute Gasteiger partial charge is 0.480 e. The average Bonchev–Trinajstić information content (AvgIpc) is 2.80. The van der Waals surface area contributed by atoms with Gasteiger partial charge in [0.05, 0.1) is 11.3 Å². The second-order valence-corrected chi connectivity index (χ2v) is 9.17. The predicted molar refractivity (Wildman–Crippen MR) is 95.6 cm³/mol. The number of nitrogens with zero attached hydrogens (tertiary/aromatic N) is 2. The molecule has 154 valence electrons. The third-order valence-corrected chi connectivity index (χ3v) is 7.61. The number of amides is 3. The van der Waals surface area contributed by atoms with E-state index in [0.717, 1.165) is 13.0 Å². The molecular weight excluding hydrogens is 408 g/mol. The van der Waals surface area contributed by atoms with Gasteiger partial charge in [-0.15, -0.1) is 0 Å². The lowest BCUT2D eigenvalue weighted by atomic mass is 9.94. The number of rotatable bonds is 5. The van der Waals surface area contributed by atoms with Crippen molar-refractivity contribution in [2.24, 2.45) is 11.5 Å². The molecule has 2 aliphatic heterocycles. The summed E-state index contributed by atoms with van der Waals surface area (Å²) in [5.74, 6) is -3.16. The highest BCUT2D eigenvalue weighted by Gasteiger charge is 2.72. The molecule has 1 aromatic heterocycles. The Bertz CT molecular complexity index is 1080. The highest BCUT2D eigenvalue weighted by Crippen LogP contribution is 2.49. The normalized spacial score (nSPS) is 28.5. The van der Waals surface area contributed by atoms with Crippen molar-refractivity contribution in [3.05, 3.63) is 35.2 Å². The molecule has 3 rings (SSSR count). The van der Waals surface area contributed by atoms with E-state index in [1.165, 1.54) is 18.3 Å². The summed E-state index contributed by atoms with van der Waals surface area (Å²) in [5, 5.41) is 7.97. The van der Waals surface area contributed by atoms with Crippen molar-refractivity contribution < 1.29 is 37.4 Å². The molecule has 2 fully saturated rings. The van der Waals surface area contributed by atoms with Gasteiger partial charge >= 0.3 is 12.1 Å². The SMILES string of the molecule is C[C@]1(COC(N)=O)[C@H](C(=O)O)N2C(=O)C(=Cc3cc(C(N)=O)ccn3)[C@H]2S1(=O)=O. The lowest BCUT2D eigenvalue weighted by Crippen LogP contribution is -2.59. The first-order chi connectivity index (χ1) is 13.4. The van der Waals surface area contributed by atoms with E-state index in [2.05, 4.69) is 9.72 Å². The lowest BCUT2D eigenvalue weighted by Gasteiger charge is -2.37. The van der Waals surface area contributed by atoms with Crippen LogP contribution in [-0.4, -0.2) is 70.1 Å². The van der Waals surface area contributed by atoms with Gasteiger partial charge in [0, 0.05) is 11.8 Å². The van der Waals surface area contributed by atoms with Crippen LogP contribution >= 0.6 is 0 Å². The first-order valence-corrected chi connectivity index (χ1v) is 9.65. The Kier molecular flexibility index (Phi) is 4.57. The Morgan fingerprint density at radius 1 is 1.38 bits per heavy atom. The Morgan fingerprint density at radius 3 is 2.59 bits per heavy atom. The van der Waals surface area contributed by atoms with Crippen molar-refractivity contribution in [3.63, 3.8) is 0 Å². The van der Waals surface area contributed by atoms with Crippen molar-refractivity contribution in [3.8, 4) is 0 Å². The maximum atomic E-state index is 13.1. The predicted octanol–water partition coefficient (Wildman–Crippen LogP) is -1.53. The minimum atomic E-state index is -4.34. The van der Waals surface area contributed by atoms with Crippen LogP contribution < -0.4 is 11.5 Å². The average molecular weight is 424 g/mol. The second-order valence-electron chi connectivity index (χ2n) is 6.70. The van der Waals surface area contributed by atoms with Gasteiger partial charge in [0.2, 0.25) is 5.91 Å². The van der Waals surface area contributed by atoms with Crippen LogP contribution in [0, 0.1) is 0 Å². The van der Waals surface area contributed by atoms with Gasteiger partial charge in [-0.1, -0.05) is 0 Å². The number of aliphatic carboxylic acids is 1. The van der Waals surface area contributed by atoms with Gasteiger partial charge in [-0.2, -0.15) is 0 Å². The molecule has 2 aliphatic rings. The number of carbonyl (C=O) groups excluding carboxylic acids is 3. The summed E-state index contributed by atoms with van der Waals surface area (Å²) in [6, 6.07) is 0.813. The number of hydrogen-bond donors (Lipinski definition) is 3. The van der Waals surface area contributed by atoms with Crippen molar-refractivity contribution in [1.82, 2.24) is 9.88 Å². The van der Waals surface area contributed by atoms with Crippen molar-refractivity contribution >= 4 is 39.8 Å². The summed E-state index contributed by atoms with van der Waals surface area (Å²) in [7, 11) is -4.34. The molecule has 3 atom stereocenters. The van der Waals surface area contributed by atoms with Crippen LogP contribution in [0.4, 0.5) is 4.79 Å². The van der Waals surface area contributed by atoms with Crippen molar-refractivity contribution in [1.29, 1.82) is 0 Å². The molecular formula is C16H16N4O8S. The number of hydrogen-bond acceptors (Lipinski definition) is 8. The summed E-state index contributed by atoms with van der Waals surface area (Å²) in [4.78, 5) is 51.2. The van der Waals surface area contributed by atoms with Gasteiger partial charge in [-0.05, 0) is 25.1 Å². The number of primary amides is 2. The van der Waals surface area contributed by atoms with E-state index in [1.807, 2.05) is 0 Å². The highest BCUT2D eigenvalue weighted by molar-refractivity contribution is 7.94. The molecule has 0 unspecified atom stereocenters. The first-order valence-electron chi connectivity index (χ1n) is 8.10. The molecule has 0 aliphatic carbocycles. The Hall–Kier alpha value is -3.48. The number of aromatic nitrogens is 1. The molecule has 0 spiro atoms. The molecule has 0 saturated carbocycles. The third-order valence-electron chi connectivity index (χ3n) is 4.90. The Morgan fingerprint density at radius 2 is 2.03 bits per heavy atom. The number of sulfone groups is 1. The monoisotopic (exact) mass is 424 g/mol. The summed E-state index contributed by atoms with van der Waals surface area (Å²) in [6.07, 6.45) is 1.11. The van der Waals surface area contributed by atoms with Crippen LogP contribution in [0.5, 0.6) is 0 Å². The van der Waals surface area contributed by atoms with Crippen molar-refractivity contribution in [2.45, 2.75) is 23.1 Å². The summed E-state index contributed by atoms with van der Waals surface area (Å²) in [6.45, 7) is 0.226. The number of fused-ring (bicyclic) bond motifs is 1. The fourth-order valence-electron chi connectivity index (χ4n) is 3.45. The number of β-lactam (4-membered cyclic amide) rings is 1. The molecule has 3 heterocycles. The summed E-state index contributed by atoms with van der Waals surface area (Å²) >= 11 is 0. The molecule has 3 amide bonds. The minimum absolute atomic E-state index is 0.0906. The smallest absolute Gasteiger partial charge is 0.404 e. The maximum Gasteiger partial charge on any atom is 0.404 e. The molecule has 12 nitrogen and oxygen atoms in total. The summed E-state index contributed by atoms with van der Waals surface area (Å²) in [5.41, 5.74) is 10.0. The fourth-order valence-corrected chi connectivity index (χ4v) is 5.73. The second kappa shape index (κ2) is 6.55. The van der Waals surface area contributed by atoms with Crippen molar-refractivity contribution in [2.75, 3.05) is 6.61 Å². The van der Waals surface area contributed by atoms with E-state index < -0.39 is 56.5 Å². The minimum Gasteiger partial charge on any atom is -0.480 e. The van der Waals surface area contributed by atoms with Crippen LogP contribution in [0.25, 0.3) is 6.08 Å². The van der Waals surface area contributed by atoms with Gasteiger partial charge < -0.3 is 26.2 Å². The molecule has 1 aromatic rings. The van der Waals surface area contributed by atoms with Gasteiger partial charge in [0.25, 0.3) is 5.91 Å². The van der Waals surface area contributed by atoms with Gasteiger partial charge in [-0.25, -0.2) is 18.0 Å². The zero-order chi connectivity index (χ0) is 21.7. The quantitative estimate of drug-likeness (QED) is 0.370. The first kappa shape index (κ1) is 20.3. The molecule has 0 radical (unpaired) electrons. The standard InChI is InChI=1S/C16H16N4O8S/c1-16(6-28-15(18)25)10(14(23)24)20-12(22)9(13(20)29(16,26)27)5-8-4-7(11(17)21)2-3-19-8/h2-5,10,13H,6H2,1H3,(H2,17,21)(H2,18,25)(H,23,24)/t10-,13+,16-/m0/s1. The molecule has 2 saturated heterocycles. The van der Waals surface area contributed by atoms with Gasteiger partial charge in [0.1, 0.15) is 11.4 Å². The highest BCUT2D eigenvalue weighted by atomic mass is 32.2. The van der Waals surface area contributed by atoms with Crippen LogP contribution in [-0.2, 0) is 24.2 Å². The number of carbonyl (C=O) groups is 4. The number of carboxylic acids is 1. The van der Waals surface area contributed by atoms with E-state index in [9.17, 15) is 32.7 Å². The third kappa shape index (κ3) is 2.90. The van der Waals surface area contributed by atoms with Crippen LogP contribution in [0.1, 0.15) is 23.0 Å². The maximum absolute atomic E-state index is 13.1. The van der Waals surface area contributed by atoms with E-state index in [-0.39, 0.29) is 16.8 Å². The van der Waals surface area contributed by atoms with E-state index >= 15 is 0 Å². The number of nitrogens with two attached hydrogens (primary N) is 2. The van der Waals surface area contributed by atoms with Crippen LogP contribution in [0.15, 0.2) is 23.9 Å². The summed E-state index contributed by atoms with van der Waals surface area (Å²) < 4.78 is 28.7. The Balaban J connectivity index is 2.07.